The van der Waals surface area contributed by atoms with E-state index in [2.05, 4.69) is 0 Å². The zero-order chi connectivity index (χ0) is 41.0. The Morgan fingerprint density at radius 1 is 0.845 bits per heavy atom. The predicted molar refractivity (Wildman–Crippen MR) is 212 cm³/mol. The quantitative estimate of drug-likeness (QED) is 0.0863. The number of allylic oxidation sites excluding steroid dienone is 4. The molecule has 2 fully saturated rings. The number of imide groups is 1. The lowest BCUT2D eigenvalue weighted by atomic mass is 9.44. The number of carbonyl (C=O) groups excluding carboxylic acids is 4. The van der Waals surface area contributed by atoms with E-state index in [1.54, 1.807) is 66.7 Å². The Kier molecular flexibility index (Phi) is 9.60. The number of fused-ring (bicyclic) bond motifs is 4. The van der Waals surface area contributed by atoms with E-state index in [-0.39, 0.29) is 54.6 Å². The van der Waals surface area contributed by atoms with Crippen LogP contribution in [-0.2, 0) is 24.6 Å². The number of anilines is 2. The Morgan fingerprint density at radius 3 is 2.09 bits per heavy atom. The van der Waals surface area contributed by atoms with Gasteiger partial charge in [0, 0.05) is 49.2 Å². The number of ether oxygens (including phenoxy) is 1. The van der Waals surface area contributed by atoms with Gasteiger partial charge in [-0.2, -0.15) is 0 Å². The standard InChI is InChI=1S/C44H38N4O10/c1-45(2)40-34(47(54)55)21-27(22-35(40)48(56)57)46-42(52)30-18-17-28-32(38(30)43(46)53)23-33-41(51)31(25-11-5-3-6-12-25)24-37(50)44(33,26-13-7-4-8-14-26)39(28)29-15-9-10-16-36(29)58-20-19-49/h3-17,21-22,24,30,32-33,38-39,49H,18-20,23H2,1-2H3/t30-,32+,33-,38-,39+,44-/m0/s1. The summed E-state index contributed by atoms with van der Waals surface area (Å²) in [5.41, 5.74) is -0.866. The largest absolute Gasteiger partial charge is 0.491 e. The molecule has 1 heterocycles. The van der Waals surface area contributed by atoms with E-state index in [0.717, 1.165) is 17.0 Å². The molecule has 294 valence electrons. The van der Waals surface area contributed by atoms with Gasteiger partial charge in [-0.25, -0.2) is 4.90 Å². The molecule has 4 aromatic carbocycles. The Balaban J connectivity index is 1.34. The predicted octanol–water partition coefficient (Wildman–Crippen LogP) is 5.97. The summed E-state index contributed by atoms with van der Waals surface area (Å²) in [6, 6.07) is 27.0. The van der Waals surface area contributed by atoms with Gasteiger partial charge in [-0.15, -0.1) is 0 Å². The van der Waals surface area contributed by atoms with Gasteiger partial charge >= 0.3 is 11.4 Å². The molecular formula is C44H38N4O10. The topological polar surface area (TPSA) is 190 Å². The molecule has 8 rings (SSSR count). The number of para-hydroxylation sites is 1. The van der Waals surface area contributed by atoms with E-state index in [0.29, 0.717) is 28.0 Å². The summed E-state index contributed by atoms with van der Waals surface area (Å²) in [6.45, 7) is -0.351. The van der Waals surface area contributed by atoms with Gasteiger partial charge in [0.15, 0.2) is 17.3 Å². The van der Waals surface area contributed by atoms with Crippen molar-refractivity contribution in [1.82, 2.24) is 0 Å². The van der Waals surface area contributed by atoms with Crippen LogP contribution in [0.4, 0.5) is 22.7 Å². The molecule has 0 bridgehead atoms. The number of aliphatic hydroxyl groups excluding tert-OH is 1. The first kappa shape index (κ1) is 38.1. The zero-order valence-corrected chi connectivity index (χ0v) is 31.5. The second-order valence-corrected chi connectivity index (χ2v) is 15.2. The lowest BCUT2D eigenvalue weighted by Gasteiger charge is -2.55. The normalized spacial score (nSPS) is 24.9. The number of benzene rings is 4. The van der Waals surface area contributed by atoms with Crippen molar-refractivity contribution in [3.63, 3.8) is 0 Å². The van der Waals surface area contributed by atoms with E-state index in [1.807, 2.05) is 24.3 Å². The van der Waals surface area contributed by atoms with Crippen LogP contribution in [0.25, 0.3) is 5.57 Å². The summed E-state index contributed by atoms with van der Waals surface area (Å²) >= 11 is 0. The van der Waals surface area contributed by atoms with Crippen LogP contribution >= 0.6 is 0 Å². The number of amides is 2. The van der Waals surface area contributed by atoms with Crippen LogP contribution in [0.3, 0.4) is 0 Å². The minimum absolute atomic E-state index is 0.000468. The smallest absolute Gasteiger partial charge is 0.301 e. The minimum Gasteiger partial charge on any atom is -0.491 e. The Bertz CT molecular complexity index is 2430. The van der Waals surface area contributed by atoms with Crippen molar-refractivity contribution in [3.05, 3.63) is 152 Å². The summed E-state index contributed by atoms with van der Waals surface area (Å²) in [5.74, 6) is -6.40. The van der Waals surface area contributed by atoms with Crippen molar-refractivity contribution in [2.45, 2.75) is 24.2 Å². The van der Waals surface area contributed by atoms with Gasteiger partial charge in [0.1, 0.15) is 12.4 Å². The molecule has 14 nitrogen and oxygen atoms in total. The number of nitro groups is 2. The first-order valence-corrected chi connectivity index (χ1v) is 18.9. The first-order valence-electron chi connectivity index (χ1n) is 18.9. The Labute approximate surface area is 332 Å². The summed E-state index contributed by atoms with van der Waals surface area (Å²) in [5, 5.41) is 34.3. The molecule has 1 N–H and O–H groups in total. The van der Waals surface area contributed by atoms with Gasteiger partial charge in [-0.1, -0.05) is 90.5 Å². The molecule has 58 heavy (non-hydrogen) atoms. The number of ketones is 2. The highest BCUT2D eigenvalue weighted by atomic mass is 16.6. The fraction of sp³-hybridized carbons (Fsp3) is 0.273. The zero-order valence-electron chi connectivity index (χ0n) is 31.5. The maximum atomic E-state index is 15.3. The van der Waals surface area contributed by atoms with Crippen LogP contribution in [0.1, 0.15) is 35.4 Å². The summed E-state index contributed by atoms with van der Waals surface area (Å²) in [7, 11) is 2.83. The highest BCUT2D eigenvalue weighted by Crippen LogP contribution is 2.64. The number of aliphatic hydroxyl groups is 1. The number of hydrogen-bond acceptors (Lipinski definition) is 11. The summed E-state index contributed by atoms with van der Waals surface area (Å²) in [4.78, 5) is 84.8. The molecule has 14 heteroatoms. The third kappa shape index (κ3) is 5.73. The highest BCUT2D eigenvalue weighted by molar-refractivity contribution is 6.32. The molecule has 1 saturated carbocycles. The maximum absolute atomic E-state index is 15.3. The fourth-order valence-corrected chi connectivity index (χ4v) is 9.93. The van der Waals surface area contributed by atoms with Crippen LogP contribution in [-0.4, -0.2) is 65.6 Å². The van der Waals surface area contributed by atoms with Gasteiger partial charge < -0.3 is 14.7 Å². The molecule has 2 amide bonds. The summed E-state index contributed by atoms with van der Waals surface area (Å²) in [6.07, 6.45) is 3.33. The average molecular weight is 783 g/mol. The lowest BCUT2D eigenvalue weighted by molar-refractivity contribution is -0.392. The van der Waals surface area contributed by atoms with Crippen LogP contribution in [0.2, 0.25) is 0 Å². The lowest BCUT2D eigenvalue weighted by Crippen LogP contribution is -2.58. The minimum atomic E-state index is -1.53. The van der Waals surface area contributed by atoms with Crippen LogP contribution in [0.15, 0.2) is 115 Å². The molecule has 0 spiro atoms. The van der Waals surface area contributed by atoms with E-state index in [1.165, 1.54) is 25.1 Å². The third-order valence-corrected chi connectivity index (χ3v) is 12.1. The van der Waals surface area contributed by atoms with Gasteiger partial charge in [0.25, 0.3) is 0 Å². The number of nitro benzene ring substituents is 2. The van der Waals surface area contributed by atoms with Crippen LogP contribution in [0, 0.1) is 43.9 Å². The maximum Gasteiger partial charge on any atom is 0.301 e. The van der Waals surface area contributed by atoms with Crippen molar-refractivity contribution in [3.8, 4) is 5.75 Å². The molecule has 3 aliphatic carbocycles. The van der Waals surface area contributed by atoms with E-state index >= 15 is 9.59 Å². The molecule has 1 saturated heterocycles. The first-order chi connectivity index (χ1) is 27.9. The monoisotopic (exact) mass is 782 g/mol. The van der Waals surface area contributed by atoms with E-state index in [9.17, 15) is 34.9 Å². The number of hydrogen-bond donors (Lipinski definition) is 1. The van der Waals surface area contributed by atoms with E-state index in [4.69, 9.17) is 4.74 Å². The van der Waals surface area contributed by atoms with Crippen LogP contribution < -0.4 is 14.5 Å². The molecule has 6 atom stereocenters. The summed E-state index contributed by atoms with van der Waals surface area (Å²) < 4.78 is 6.09. The number of nitrogens with zero attached hydrogens (tertiary/aromatic N) is 4. The average Bonchev–Trinajstić information content (AvgIpc) is 3.49. The Hall–Kier alpha value is -6.80. The molecule has 0 radical (unpaired) electrons. The molecule has 4 aliphatic rings. The highest BCUT2D eigenvalue weighted by Gasteiger charge is 2.66. The van der Waals surface area contributed by atoms with Crippen molar-refractivity contribution >= 4 is 51.7 Å². The van der Waals surface area contributed by atoms with E-state index < -0.39 is 68.0 Å². The molecular weight excluding hydrogens is 745 g/mol. The number of Topliss-reactive ketones (excluding diaryl/α,β-unsaturated/α-hetero) is 1. The molecule has 1 aliphatic heterocycles. The van der Waals surface area contributed by atoms with Crippen LogP contribution in [0.5, 0.6) is 5.75 Å². The van der Waals surface area contributed by atoms with Gasteiger partial charge in [0.05, 0.1) is 39.4 Å². The molecule has 4 aromatic rings. The number of rotatable bonds is 10. The van der Waals surface area contributed by atoms with Gasteiger partial charge in [0.2, 0.25) is 11.8 Å². The molecule has 0 unspecified atom stereocenters. The third-order valence-electron chi connectivity index (χ3n) is 12.1. The Morgan fingerprint density at radius 2 is 1.47 bits per heavy atom. The van der Waals surface area contributed by atoms with Gasteiger partial charge in [-0.3, -0.25) is 39.4 Å². The van der Waals surface area contributed by atoms with Gasteiger partial charge in [-0.05, 0) is 42.0 Å². The molecule has 0 aromatic heterocycles. The van der Waals surface area contributed by atoms with Crippen molar-refractivity contribution in [1.29, 1.82) is 0 Å². The van der Waals surface area contributed by atoms with Crippen molar-refractivity contribution in [2.24, 2.45) is 23.7 Å². The SMILES string of the molecule is CN(C)c1c([N+](=O)[O-])cc(N2C(=O)[C@H]3[C@H](CC=C4[C@H]3C[C@H]3C(=O)C(c5ccccc5)=CC(=O)[C@@]3(c3ccccc3)[C@H]4c3ccccc3OCCO)C2=O)cc1[N+](=O)[O-]. The van der Waals surface area contributed by atoms with Crippen molar-refractivity contribution in [2.75, 3.05) is 37.1 Å². The fourth-order valence-electron chi connectivity index (χ4n) is 9.93. The number of carbonyl (C=O) groups is 4. The second kappa shape index (κ2) is 14.6. The second-order valence-electron chi connectivity index (χ2n) is 15.2. The van der Waals surface area contributed by atoms with Crippen molar-refractivity contribution < 1.29 is 38.9 Å².